The predicted octanol–water partition coefficient (Wildman–Crippen LogP) is 4.23. The largest absolute Gasteiger partial charge is 0.461 e. The van der Waals surface area contributed by atoms with Crippen LogP contribution in [0.2, 0.25) is 0 Å². The van der Waals surface area contributed by atoms with Crippen LogP contribution in [0, 0.1) is 5.92 Å². The second kappa shape index (κ2) is 16.1. The van der Waals surface area contributed by atoms with Gasteiger partial charge in [0, 0.05) is 0 Å². The fourth-order valence-corrected chi connectivity index (χ4v) is 4.13. The van der Waals surface area contributed by atoms with Gasteiger partial charge in [0.15, 0.2) is 0 Å². The molecule has 0 unspecified atom stereocenters. The van der Waals surface area contributed by atoms with Gasteiger partial charge in [-0.3, -0.25) is 14.4 Å². The van der Waals surface area contributed by atoms with Crippen molar-refractivity contribution in [2.45, 2.75) is 64.5 Å². The van der Waals surface area contributed by atoms with E-state index >= 15 is 0 Å². The zero-order valence-electron chi connectivity index (χ0n) is 24.0. The number of hydrogen-bond donors (Lipinski definition) is 2. The van der Waals surface area contributed by atoms with Crippen LogP contribution >= 0.6 is 0 Å². The number of hydrogen-bond acceptors (Lipinski definition) is 8. The quantitative estimate of drug-likeness (QED) is 0.204. The summed E-state index contributed by atoms with van der Waals surface area (Å²) in [5.74, 6) is -3.06. The van der Waals surface area contributed by atoms with Crippen LogP contribution in [0.5, 0.6) is 0 Å². The summed E-state index contributed by atoms with van der Waals surface area (Å²) in [5.41, 5.74) is 6.70. The fraction of sp³-hybridized carbons (Fsp3) is 0.333. The van der Waals surface area contributed by atoms with Crippen molar-refractivity contribution in [3.05, 3.63) is 108 Å². The van der Waals surface area contributed by atoms with Gasteiger partial charge in [-0.25, -0.2) is 4.79 Å². The Balaban J connectivity index is 1.72. The van der Waals surface area contributed by atoms with Crippen molar-refractivity contribution in [2.75, 3.05) is 0 Å². The number of nitrogens with one attached hydrogen (secondary N) is 1. The first-order valence-corrected chi connectivity index (χ1v) is 13.8. The van der Waals surface area contributed by atoms with Crippen LogP contribution in [-0.4, -0.2) is 35.4 Å². The fourth-order valence-electron chi connectivity index (χ4n) is 4.13. The van der Waals surface area contributed by atoms with Gasteiger partial charge in [-0.05, 0) is 29.0 Å². The van der Waals surface area contributed by atoms with E-state index < -0.39 is 48.2 Å². The standard InChI is InChI=1S/C33H38N2O7/c1-24(2)18-28(31(38)42-23-27-16-10-5-11-17-27)35-32(39)33(34,19-29(36)40-21-25-12-6-3-7-13-25)20-30(37)41-22-26-14-8-4-9-15-26/h3-17,24,28H,18-23,34H2,1-2H3,(H,35,39)/t28-/m0/s1. The van der Waals surface area contributed by atoms with Crippen LogP contribution in [0.1, 0.15) is 49.8 Å². The monoisotopic (exact) mass is 574 g/mol. The second-order valence-electron chi connectivity index (χ2n) is 10.6. The zero-order chi connectivity index (χ0) is 30.4. The summed E-state index contributed by atoms with van der Waals surface area (Å²) in [4.78, 5) is 52.3. The first-order valence-electron chi connectivity index (χ1n) is 13.8. The highest BCUT2D eigenvalue weighted by molar-refractivity contribution is 5.96. The van der Waals surface area contributed by atoms with Crippen LogP contribution in [-0.2, 0) is 53.2 Å². The zero-order valence-corrected chi connectivity index (χ0v) is 24.0. The van der Waals surface area contributed by atoms with Gasteiger partial charge in [0.2, 0.25) is 5.91 Å². The average molecular weight is 575 g/mol. The lowest BCUT2D eigenvalue weighted by Crippen LogP contribution is -2.59. The van der Waals surface area contributed by atoms with Gasteiger partial charge in [-0.2, -0.15) is 0 Å². The molecule has 3 N–H and O–H groups in total. The molecule has 3 aromatic carbocycles. The molecule has 222 valence electrons. The molecule has 0 heterocycles. The van der Waals surface area contributed by atoms with Crippen molar-refractivity contribution >= 4 is 23.8 Å². The molecular weight excluding hydrogens is 536 g/mol. The number of amides is 1. The van der Waals surface area contributed by atoms with Gasteiger partial charge in [0.05, 0.1) is 12.8 Å². The number of carbonyl (C=O) groups is 4. The van der Waals surface area contributed by atoms with E-state index in [1.54, 1.807) is 48.5 Å². The molecule has 0 saturated heterocycles. The Bertz CT molecular complexity index is 1240. The van der Waals surface area contributed by atoms with Gasteiger partial charge in [-0.1, -0.05) is 105 Å². The maximum atomic E-state index is 13.6. The number of esters is 3. The maximum Gasteiger partial charge on any atom is 0.328 e. The summed E-state index contributed by atoms with van der Waals surface area (Å²) < 4.78 is 16.2. The first-order chi connectivity index (χ1) is 20.1. The lowest BCUT2D eigenvalue weighted by molar-refractivity contribution is -0.154. The number of benzene rings is 3. The van der Waals surface area contributed by atoms with Crippen LogP contribution in [0.15, 0.2) is 91.0 Å². The molecule has 0 aromatic heterocycles. The highest BCUT2D eigenvalue weighted by Crippen LogP contribution is 2.19. The third kappa shape index (κ3) is 10.8. The highest BCUT2D eigenvalue weighted by Gasteiger charge is 2.42. The smallest absolute Gasteiger partial charge is 0.328 e. The second-order valence-corrected chi connectivity index (χ2v) is 10.6. The minimum Gasteiger partial charge on any atom is -0.461 e. The maximum absolute atomic E-state index is 13.6. The molecule has 1 atom stereocenters. The van der Waals surface area contributed by atoms with Crippen LogP contribution < -0.4 is 11.1 Å². The van der Waals surface area contributed by atoms with Gasteiger partial charge < -0.3 is 25.3 Å². The molecule has 0 aliphatic carbocycles. The summed E-state index contributed by atoms with van der Waals surface area (Å²) in [5, 5.41) is 2.63. The molecule has 42 heavy (non-hydrogen) atoms. The van der Waals surface area contributed by atoms with Crippen molar-refractivity contribution in [3.8, 4) is 0 Å². The van der Waals surface area contributed by atoms with Crippen molar-refractivity contribution in [3.63, 3.8) is 0 Å². The third-order valence-electron chi connectivity index (χ3n) is 6.38. The van der Waals surface area contributed by atoms with E-state index in [2.05, 4.69) is 5.32 Å². The third-order valence-corrected chi connectivity index (χ3v) is 6.38. The highest BCUT2D eigenvalue weighted by atomic mass is 16.5. The normalized spacial score (nSPS) is 11.8. The Hall–Kier alpha value is -4.50. The van der Waals surface area contributed by atoms with Gasteiger partial charge >= 0.3 is 17.9 Å². The molecule has 1 amide bonds. The van der Waals surface area contributed by atoms with E-state index in [1.165, 1.54) is 0 Å². The molecule has 0 aliphatic rings. The molecule has 0 radical (unpaired) electrons. The Kier molecular flexibility index (Phi) is 12.3. The number of ether oxygens (including phenoxy) is 3. The molecule has 9 heteroatoms. The molecule has 0 bridgehead atoms. The number of carbonyl (C=O) groups excluding carboxylic acids is 4. The molecule has 3 aromatic rings. The summed E-state index contributed by atoms with van der Waals surface area (Å²) >= 11 is 0. The van der Waals surface area contributed by atoms with Gasteiger partial charge in [-0.15, -0.1) is 0 Å². The van der Waals surface area contributed by atoms with Crippen molar-refractivity contribution in [1.82, 2.24) is 5.32 Å². The minimum absolute atomic E-state index is 0.0124. The summed E-state index contributed by atoms with van der Waals surface area (Å²) in [6.45, 7) is 3.74. The van der Waals surface area contributed by atoms with E-state index in [4.69, 9.17) is 19.9 Å². The lowest BCUT2D eigenvalue weighted by atomic mass is 9.90. The molecule has 9 nitrogen and oxygen atoms in total. The summed E-state index contributed by atoms with van der Waals surface area (Å²) in [7, 11) is 0. The van der Waals surface area contributed by atoms with E-state index in [-0.39, 0.29) is 32.2 Å². The molecule has 0 fully saturated rings. The summed E-state index contributed by atoms with van der Waals surface area (Å²) in [6.07, 6.45) is -0.967. The van der Waals surface area contributed by atoms with Crippen LogP contribution in [0.3, 0.4) is 0 Å². The number of rotatable bonds is 15. The lowest BCUT2D eigenvalue weighted by Gasteiger charge is -2.29. The van der Waals surface area contributed by atoms with Gasteiger partial charge in [0.25, 0.3) is 0 Å². The van der Waals surface area contributed by atoms with Crippen LogP contribution in [0.4, 0.5) is 0 Å². The SMILES string of the molecule is CC(C)C[C@H](NC(=O)C(N)(CC(=O)OCc1ccccc1)CC(=O)OCc1ccccc1)C(=O)OCc1ccccc1. The van der Waals surface area contributed by atoms with E-state index in [1.807, 2.05) is 56.3 Å². The Labute approximate surface area is 246 Å². The number of nitrogens with two attached hydrogens (primary N) is 1. The predicted molar refractivity (Wildman–Crippen MR) is 156 cm³/mol. The minimum atomic E-state index is -2.05. The molecule has 0 aliphatic heterocycles. The Morgan fingerprint density at radius 3 is 1.43 bits per heavy atom. The molecular formula is C33H38N2O7. The van der Waals surface area contributed by atoms with E-state index in [0.717, 1.165) is 16.7 Å². The van der Waals surface area contributed by atoms with Crippen molar-refractivity contribution < 1.29 is 33.4 Å². The van der Waals surface area contributed by atoms with Crippen molar-refractivity contribution in [2.24, 2.45) is 11.7 Å². The Morgan fingerprint density at radius 2 is 1.05 bits per heavy atom. The van der Waals surface area contributed by atoms with Crippen LogP contribution in [0.25, 0.3) is 0 Å². The van der Waals surface area contributed by atoms with E-state index in [9.17, 15) is 19.2 Å². The summed E-state index contributed by atoms with van der Waals surface area (Å²) in [6, 6.07) is 26.1. The topological polar surface area (TPSA) is 134 Å². The van der Waals surface area contributed by atoms with E-state index in [0.29, 0.717) is 0 Å². The molecule has 3 rings (SSSR count). The average Bonchev–Trinajstić information content (AvgIpc) is 2.98. The Morgan fingerprint density at radius 1 is 0.667 bits per heavy atom. The first kappa shape index (κ1) is 32.0. The molecule has 0 spiro atoms. The van der Waals surface area contributed by atoms with Gasteiger partial charge in [0.1, 0.15) is 31.4 Å². The van der Waals surface area contributed by atoms with Crippen molar-refractivity contribution in [1.29, 1.82) is 0 Å². The molecule has 0 saturated carbocycles.